The minimum atomic E-state index is 0.884. The van der Waals surface area contributed by atoms with Gasteiger partial charge in [-0.2, -0.15) is 5.10 Å². The van der Waals surface area contributed by atoms with Crippen molar-refractivity contribution in [2.75, 3.05) is 19.6 Å². The van der Waals surface area contributed by atoms with Crippen molar-refractivity contribution in [1.82, 2.24) is 20.4 Å². The van der Waals surface area contributed by atoms with E-state index < -0.39 is 0 Å². The maximum absolute atomic E-state index is 4.25. The van der Waals surface area contributed by atoms with Gasteiger partial charge in [-0.15, -0.1) is 0 Å². The summed E-state index contributed by atoms with van der Waals surface area (Å²) in [5, 5.41) is 10.5. The Morgan fingerprint density at radius 1 is 1.64 bits per heavy atom. The molecule has 2 rings (SSSR count). The van der Waals surface area contributed by atoms with Crippen molar-refractivity contribution in [1.29, 1.82) is 0 Å². The number of nitrogens with zero attached hydrogens (tertiary/aromatic N) is 3. The maximum atomic E-state index is 4.25. The molecule has 0 amide bonds. The molecule has 5 heteroatoms. The first-order valence-electron chi connectivity index (χ1n) is 4.84. The molecule has 0 fully saturated rings. The highest BCUT2D eigenvalue weighted by Crippen LogP contribution is 1.96. The van der Waals surface area contributed by atoms with Gasteiger partial charge in [-0.25, -0.2) is 0 Å². The van der Waals surface area contributed by atoms with E-state index in [4.69, 9.17) is 0 Å². The van der Waals surface area contributed by atoms with Gasteiger partial charge in [0, 0.05) is 26.3 Å². The summed E-state index contributed by atoms with van der Waals surface area (Å²) in [6.07, 6.45) is 4.91. The topological polar surface area (TPSA) is 54.2 Å². The van der Waals surface area contributed by atoms with Gasteiger partial charge in [0.25, 0.3) is 0 Å². The molecule has 14 heavy (non-hydrogen) atoms. The van der Waals surface area contributed by atoms with Gasteiger partial charge in [-0.3, -0.25) is 9.67 Å². The van der Waals surface area contributed by atoms with Crippen molar-refractivity contribution >= 4 is 5.96 Å². The molecule has 1 aromatic heterocycles. The van der Waals surface area contributed by atoms with Crippen LogP contribution >= 0.6 is 0 Å². The molecule has 0 bridgehead atoms. The lowest BCUT2D eigenvalue weighted by atomic mass is 10.2. The van der Waals surface area contributed by atoms with Crippen LogP contribution in [0, 0.1) is 0 Å². The quantitative estimate of drug-likeness (QED) is 0.681. The normalized spacial score (nSPS) is 15.1. The van der Waals surface area contributed by atoms with Crippen LogP contribution in [0.1, 0.15) is 5.56 Å². The van der Waals surface area contributed by atoms with Crippen LogP contribution in [-0.2, 0) is 13.5 Å². The molecule has 0 aromatic carbocycles. The molecule has 0 saturated heterocycles. The van der Waals surface area contributed by atoms with Gasteiger partial charge in [0.2, 0.25) is 0 Å². The summed E-state index contributed by atoms with van der Waals surface area (Å²) in [7, 11) is 1.93. The Morgan fingerprint density at radius 2 is 2.57 bits per heavy atom. The first-order chi connectivity index (χ1) is 6.84. The summed E-state index contributed by atoms with van der Waals surface area (Å²) < 4.78 is 1.82. The van der Waals surface area contributed by atoms with E-state index in [1.165, 1.54) is 5.56 Å². The highest BCUT2D eigenvalue weighted by Gasteiger charge is 2.03. The smallest absolute Gasteiger partial charge is 0.191 e. The first kappa shape index (κ1) is 9.05. The van der Waals surface area contributed by atoms with Crippen molar-refractivity contribution in [3.63, 3.8) is 0 Å². The third-order valence-electron chi connectivity index (χ3n) is 2.14. The lowest BCUT2D eigenvalue weighted by molar-refractivity contribution is 0.765. The number of aliphatic imine (C=N–C) groups is 1. The molecule has 76 valence electrons. The third kappa shape index (κ3) is 2.25. The third-order valence-corrected chi connectivity index (χ3v) is 2.14. The highest BCUT2D eigenvalue weighted by atomic mass is 15.2. The monoisotopic (exact) mass is 193 g/mol. The second kappa shape index (κ2) is 4.13. The van der Waals surface area contributed by atoms with E-state index in [2.05, 4.69) is 20.7 Å². The largest absolute Gasteiger partial charge is 0.356 e. The number of hydrogen-bond donors (Lipinski definition) is 2. The summed E-state index contributed by atoms with van der Waals surface area (Å²) >= 11 is 0. The number of aryl methyl sites for hydroxylation is 1. The van der Waals surface area contributed by atoms with Gasteiger partial charge in [0.1, 0.15) is 0 Å². The van der Waals surface area contributed by atoms with Crippen LogP contribution in [0.25, 0.3) is 0 Å². The number of guanidine groups is 1. The zero-order valence-corrected chi connectivity index (χ0v) is 8.32. The van der Waals surface area contributed by atoms with E-state index in [0.29, 0.717) is 0 Å². The van der Waals surface area contributed by atoms with Crippen LogP contribution in [0.15, 0.2) is 17.4 Å². The molecule has 0 atom stereocenters. The molecule has 0 saturated carbocycles. The molecular formula is C9H15N5. The second-order valence-corrected chi connectivity index (χ2v) is 3.36. The first-order valence-corrected chi connectivity index (χ1v) is 4.84. The molecule has 0 aliphatic carbocycles. The zero-order valence-electron chi connectivity index (χ0n) is 8.32. The van der Waals surface area contributed by atoms with Crippen LogP contribution in [0.4, 0.5) is 0 Å². The van der Waals surface area contributed by atoms with E-state index in [0.717, 1.165) is 32.0 Å². The van der Waals surface area contributed by atoms with Crippen LogP contribution in [0.3, 0.4) is 0 Å². The van der Waals surface area contributed by atoms with E-state index in [1.807, 2.05) is 24.1 Å². The summed E-state index contributed by atoms with van der Waals surface area (Å²) in [5.41, 5.74) is 1.25. The number of rotatable bonds is 3. The number of nitrogens with one attached hydrogen (secondary N) is 2. The molecule has 1 aliphatic rings. The summed E-state index contributed by atoms with van der Waals surface area (Å²) in [4.78, 5) is 4.25. The van der Waals surface area contributed by atoms with Gasteiger partial charge in [-0.05, 0) is 12.0 Å². The molecule has 0 unspecified atom stereocenters. The van der Waals surface area contributed by atoms with Gasteiger partial charge < -0.3 is 10.6 Å². The molecular weight excluding hydrogens is 178 g/mol. The Morgan fingerprint density at radius 3 is 3.21 bits per heavy atom. The minimum absolute atomic E-state index is 0.884. The Hall–Kier alpha value is -1.52. The van der Waals surface area contributed by atoms with Crippen LogP contribution in [-0.4, -0.2) is 35.4 Å². The van der Waals surface area contributed by atoms with Crippen molar-refractivity contribution in [2.45, 2.75) is 6.42 Å². The maximum Gasteiger partial charge on any atom is 0.191 e. The molecule has 0 radical (unpaired) electrons. The van der Waals surface area contributed by atoms with Crippen LogP contribution in [0.5, 0.6) is 0 Å². The van der Waals surface area contributed by atoms with E-state index in [1.54, 1.807) is 0 Å². The predicted octanol–water partition coefficient (Wildman–Crippen LogP) is -0.489. The van der Waals surface area contributed by atoms with Crippen molar-refractivity contribution < 1.29 is 0 Å². The lowest BCUT2D eigenvalue weighted by Crippen LogP contribution is -2.34. The zero-order chi connectivity index (χ0) is 9.80. The SMILES string of the molecule is Cn1cc(CCNC2=NCCN2)cn1. The van der Waals surface area contributed by atoms with Crippen molar-refractivity contribution in [3.8, 4) is 0 Å². The molecule has 1 aliphatic heterocycles. The molecule has 5 nitrogen and oxygen atoms in total. The van der Waals surface area contributed by atoms with Crippen LogP contribution < -0.4 is 10.6 Å². The average Bonchev–Trinajstić information content (AvgIpc) is 2.77. The fourth-order valence-corrected chi connectivity index (χ4v) is 1.44. The van der Waals surface area contributed by atoms with Gasteiger partial charge in [0.05, 0.1) is 12.7 Å². The fraction of sp³-hybridized carbons (Fsp3) is 0.556. The Bertz CT molecular complexity index is 328. The van der Waals surface area contributed by atoms with Gasteiger partial charge in [-0.1, -0.05) is 0 Å². The molecule has 2 N–H and O–H groups in total. The standard InChI is InChI=1S/C9H15N5/c1-14-7-8(6-13-14)2-3-10-9-11-4-5-12-9/h6-7H,2-5H2,1H3,(H2,10,11,12). The Balaban J connectivity index is 1.72. The fourth-order valence-electron chi connectivity index (χ4n) is 1.44. The van der Waals surface area contributed by atoms with Gasteiger partial charge >= 0.3 is 0 Å². The van der Waals surface area contributed by atoms with E-state index in [9.17, 15) is 0 Å². The van der Waals surface area contributed by atoms with E-state index in [-0.39, 0.29) is 0 Å². The summed E-state index contributed by atoms with van der Waals surface area (Å²) in [6, 6.07) is 0. The molecule has 1 aromatic rings. The Kier molecular flexibility index (Phi) is 2.67. The van der Waals surface area contributed by atoms with Gasteiger partial charge in [0.15, 0.2) is 5.96 Å². The molecule has 2 heterocycles. The van der Waals surface area contributed by atoms with Crippen molar-refractivity contribution in [2.24, 2.45) is 12.0 Å². The average molecular weight is 193 g/mol. The summed E-state index contributed by atoms with van der Waals surface area (Å²) in [6.45, 7) is 2.74. The van der Waals surface area contributed by atoms with E-state index >= 15 is 0 Å². The number of aromatic nitrogens is 2. The number of hydrogen-bond acceptors (Lipinski definition) is 4. The Labute approximate surface area is 83.2 Å². The van der Waals surface area contributed by atoms with Crippen LogP contribution in [0.2, 0.25) is 0 Å². The lowest BCUT2D eigenvalue weighted by Gasteiger charge is -2.04. The predicted molar refractivity (Wildman–Crippen MR) is 55.2 cm³/mol. The summed E-state index contributed by atoms with van der Waals surface area (Å²) in [5.74, 6) is 0.925. The molecule has 0 spiro atoms. The highest BCUT2D eigenvalue weighted by molar-refractivity contribution is 5.81. The second-order valence-electron chi connectivity index (χ2n) is 3.36. The van der Waals surface area contributed by atoms with Crippen molar-refractivity contribution in [3.05, 3.63) is 18.0 Å². The minimum Gasteiger partial charge on any atom is -0.356 e.